The Labute approximate surface area is 380 Å². The number of hydrogen-bond acceptors (Lipinski definition) is 4. The molecule has 0 unspecified atom stereocenters. The summed E-state index contributed by atoms with van der Waals surface area (Å²) < 4.78 is 4.74. The van der Waals surface area contributed by atoms with Crippen molar-refractivity contribution in [1.29, 1.82) is 10.5 Å². The molecule has 0 aliphatic rings. The Morgan fingerprint density at radius 2 is 0.758 bits per heavy atom. The van der Waals surface area contributed by atoms with E-state index in [-0.39, 0.29) is 0 Å². The van der Waals surface area contributed by atoms with Gasteiger partial charge in [0.15, 0.2) is 5.82 Å². The highest BCUT2D eigenvalue weighted by molar-refractivity contribution is 6.13. The van der Waals surface area contributed by atoms with Gasteiger partial charge in [0, 0.05) is 55.0 Å². The Morgan fingerprint density at radius 3 is 1.24 bits per heavy atom. The average molecular weight is 841 g/mol. The largest absolute Gasteiger partial charge is 0.309 e. The Bertz CT molecular complexity index is 3740. The van der Waals surface area contributed by atoms with Gasteiger partial charge in [-0.1, -0.05) is 140 Å². The van der Waals surface area contributed by atoms with Gasteiger partial charge in [0.25, 0.3) is 0 Å². The van der Waals surface area contributed by atoms with Crippen molar-refractivity contribution in [3.8, 4) is 79.7 Å². The molecule has 12 rings (SSSR count). The molecule has 0 bridgehead atoms. The van der Waals surface area contributed by atoms with E-state index < -0.39 is 0 Å². The summed E-state index contributed by atoms with van der Waals surface area (Å²) in [6.07, 6.45) is 0. The number of rotatable bonds is 7. The van der Waals surface area contributed by atoms with Crippen LogP contribution in [0.5, 0.6) is 0 Å². The molecule has 0 saturated heterocycles. The van der Waals surface area contributed by atoms with Gasteiger partial charge in [0.05, 0.1) is 62.4 Å². The fraction of sp³-hybridized carbons (Fsp3) is 0. The maximum atomic E-state index is 9.92. The van der Waals surface area contributed by atoms with Gasteiger partial charge in [-0.3, -0.25) is 0 Å². The van der Waals surface area contributed by atoms with Gasteiger partial charge in [-0.25, -0.2) is 9.97 Å². The van der Waals surface area contributed by atoms with Crippen LogP contribution in [0, 0.1) is 22.7 Å². The zero-order valence-electron chi connectivity index (χ0n) is 35.5. The molecule has 0 amide bonds. The maximum absolute atomic E-state index is 9.92. The van der Waals surface area contributed by atoms with Gasteiger partial charge >= 0.3 is 0 Å². The highest BCUT2D eigenvalue weighted by Gasteiger charge is 2.24. The van der Waals surface area contributed by atoms with Gasteiger partial charge in [-0.05, 0) is 90.0 Å². The zero-order chi connectivity index (χ0) is 44.1. The highest BCUT2D eigenvalue weighted by atomic mass is 15.0. The molecule has 6 heteroatoms. The first-order chi connectivity index (χ1) is 32.6. The van der Waals surface area contributed by atoms with E-state index in [1.54, 1.807) is 0 Å². The summed E-state index contributed by atoms with van der Waals surface area (Å²) in [4.78, 5) is 10.6. The molecule has 0 aliphatic carbocycles. The van der Waals surface area contributed by atoms with Crippen LogP contribution in [-0.4, -0.2) is 19.1 Å². The predicted molar refractivity (Wildman–Crippen MR) is 267 cm³/mol. The first kappa shape index (κ1) is 38.3. The molecule has 0 spiro atoms. The number of benzene rings is 9. The number of para-hydroxylation sites is 3. The van der Waals surface area contributed by atoms with Crippen molar-refractivity contribution in [3.63, 3.8) is 0 Å². The second-order valence-corrected chi connectivity index (χ2v) is 16.4. The van der Waals surface area contributed by atoms with Gasteiger partial charge < -0.3 is 9.13 Å². The summed E-state index contributed by atoms with van der Waals surface area (Å²) in [5, 5.41) is 24.5. The minimum absolute atomic E-state index is 0.574. The van der Waals surface area contributed by atoms with Crippen molar-refractivity contribution in [2.75, 3.05) is 0 Å². The summed E-state index contributed by atoms with van der Waals surface area (Å²) >= 11 is 0. The van der Waals surface area contributed by atoms with Crippen LogP contribution in [0.4, 0.5) is 0 Å². The van der Waals surface area contributed by atoms with Crippen LogP contribution >= 0.6 is 0 Å². The lowest BCUT2D eigenvalue weighted by Crippen LogP contribution is -2.03. The van der Waals surface area contributed by atoms with Gasteiger partial charge in [0.2, 0.25) is 0 Å². The van der Waals surface area contributed by atoms with E-state index in [0.717, 1.165) is 94.5 Å². The molecule has 0 fully saturated rings. The Hall–Kier alpha value is -9.36. The highest BCUT2D eigenvalue weighted by Crippen LogP contribution is 2.45. The van der Waals surface area contributed by atoms with Crippen LogP contribution in [0.15, 0.2) is 218 Å². The quantitative estimate of drug-likeness (QED) is 0.160. The summed E-state index contributed by atoms with van der Waals surface area (Å²) in [5.41, 5.74) is 15.7. The molecule has 3 heterocycles. The molecular weight excluding hydrogens is 805 g/mol. The van der Waals surface area contributed by atoms with Crippen LogP contribution in [0.2, 0.25) is 0 Å². The van der Waals surface area contributed by atoms with Gasteiger partial charge in [0.1, 0.15) is 0 Å². The molecule has 3 aromatic heterocycles. The third-order valence-electron chi connectivity index (χ3n) is 12.6. The lowest BCUT2D eigenvalue weighted by atomic mass is 9.91. The number of nitriles is 2. The molecule has 0 aliphatic heterocycles. The fourth-order valence-corrected chi connectivity index (χ4v) is 9.52. The van der Waals surface area contributed by atoms with E-state index in [9.17, 15) is 10.5 Å². The molecule has 0 saturated carbocycles. The predicted octanol–water partition coefficient (Wildman–Crippen LogP) is 14.7. The first-order valence-electron chi connectivity index (χ1n) is 21.8. The number of aromatic nitrogens is 4. The van der Waals surface area contributed by atoms with Crippen molar-refractivity contribution < 1.29 is 0 Å². The summed E-state index contributed by atoms with van der Waals surface area (Å²) in [7, 11) is 0. The molecule has 6 nitrogen and oxygen atoms in total. The smallest absolute Gasteiger partial charge is 0.160 e. The molecule has 0 radical (unpaired) electrons. The van der Waals surface area contributed by atoms with E-state index >= 15 is 0 Å². The molecule has 12 aromatic rings. The molecule has 0 atom stereocenters. The van der Waals surface area contributed by atoms with Crippen molar-refractivity contribution in [3.05, 3.63) is 230 Å². The minimum atomic E-state index is 0.574. The van der Waals surface area contributed by atoms with Crippen molar-refractivity contribution in [1.82, 2.24) is 19.1 Å². The number of fused-ring (bicyclic) bond motifs is 6. The molecular formula is C60H36N6. The first-order valence-corrected chi connectivity index (χ1v) is 21.8. The minimum Gasteiger partial charge on any atom is -0.309 e. The number of nitrogens with zero attached hydrogens (tertiary/aromatic N) is 6. The second kappa shape index (κ2) is 15.8. The lowest BCUT2D eigenvalue weighted by molar-refractivity contribution is 1.16. The van der Waals surface area contributed by atoms with Crippen LogP contribution in [0.3, 0.4) is 0 Å². The second-order valence-electron chi connectivity index (χ2n) is 16.4. The van der Waals surface area contributed by atoms with Crippen molar-refractivity contribution >= 4 is 43.6 Å². The molecule has 306 valence electrons. The zero-order valence-corrected chi connectivity index (χ0v) is 35.5. The summed E-state index contributed by atoms with van der Waals surface area (Å²) in [6.45, 7) is 0. The Balaban J connectivity index is 1.18. The van der Waals surface area contributed by atoms with Crippen molar-refractivity contribution in [2.45, 2.75) is 0 Å². The SMILES string of the molecule is N#Cc1ccc(-c2cc(-c3nc(-c4ccccc4)cc(-c4ccccc4)n3)cc(-c3ccc(C#N)cc3)c2-n2c3ccccc3c3cc(-n4c5ccccc5c5ccccc54)ccc32)cc1. The van der Waals surface area contributed by atoms with Gasteiger partial charge in [-0.2, -0.15) is 10.5 Å². The molecule has 66 heavy (non-hydrogen) atoms. The van der Waals surface area contributed by atoms with Crippen LogP contribution in [0.25, 0.3) is 111 Å². The van der Waals surface area contributed by atoms with Crippen LogP contribution in [0.1, 0.15) is 11.1 Å². The van der Waals surface area contributed by atoms with E-state index in [0.29, 0.717) is 17.0 Å². The van der Waals surface area contributed by atoms with E-state index in [2.05, 4.69) is 155 Å². The normalized spacial score (nSPS) is 11.3. The van der Waals surface area contributed by atoms with Crippen LogP contribution in [-0.2, 0) is 0 Å². The molecule has 0 N–H and O–H groups in total. The van der Waals surface area contributed by atoms with Gasteiger partial charge in [-0.15, -0.1) is 0 Å². The monoisotopic (exact) mass is 840 g/mol. The maximum Gasteiger partial charge on any atom is 0.160 e. The number of hydrogen-bond donors (Lipinski definition) is 0. The van der Waals surface area contributed by atoms with Crippen LogP contribution < -0.4 is 0 Å². The Kier molecular flexibility index (Phi) is 9.16. The Morgan fingerprint density at radius 1 is 0.333 bits per heavy atom. The lowest BCUT2D eigenvalue weighted by Gasteiger charge is -2.21. The summed E-state index contributed by atoms with van der Waals surface area (Å²) in [6, 6.07) is 79.6. The van der Waals surface area contributed by atoms with E-state index in [1.165, 1.54) is 10.8 Å². The average Bonchev–Trinajstić information content (AvgIpc) is 3.91. The van der Waals surface area contributed by atoms with Crippen molar-refractivity contribution in [2.24, 2.45) is 0 Å². The third kappa shape index (κ3) is 6.41. The standard InChI is InChI=1S/C60H36N6/c61-37-39-23-27-41(28-24-39)50-33-45(60-63-53(43-13-3-1-4-14-43)36-54(64-60)44-15-5-2-6-16-44)34-51(42-29-25-40(38-62)26-30-42)59(50)66-57-22-12-9-19-49(57)52-35-46(31-32-58(52)66)65-55-20-10-7-17-47(55)48-18-8-11-21-56(48)65/h1-36H. The van der Waals surface area contributed by atoms with E-state index in [4.69, 9.17) is 9.97 Å². The fourth-order valence-electron chi connectivity index (χ4n) is 9.52. The topological polar surface area (TPSA) is 83.2 Å². The van der Waals surface area contributed by atoms with E-state index in [1.807, 2.05) is 84.9 Å². The molecule has 9 aromatic carbocycles. The third-order valence-corrected chi connectivity index (χ3v) is 12.6. The summed E-state index contributed by atoms with van der Waals surface area (Å²) in [5.74, 6) is 0.574.